The fraction of sp³-hybridized carbons (Fsp3) is 0.659. The normalized spacial score (nSPS) is 26.2. The van der Waals surface area contributed by atoms with Gasteiger partial charge in [-0.2, -0.15) is 0 Å². The largest absolute Gasteiger partial charge is 0.378 e. The molecule has 4 aliphatic heterocycles. The molecule has 11 rings (SSSR count). The van der Waals surface area contributed by atoms with Crippen LogP contribution in [-0.2, 0) is 28.4 Å². The van der Waals surface area contributed by atoms with Crippen molar-refractivity contribution in [3.63, 3.8) is 0 Å². The van der Waals surface area contributed by atoms with Crippen LogP contribution in [0.3, 0.4) is 0 Å². The molecule has 6 atom stereocenters. The lowest BCUT2D eigenvalue weighted by Gasteiger charge is -2.24. The van der Waals surface area contributed by atoms with E-state index in [4.69, 9.17) is 28.4 Å². The molecule has 6 nitrogen and oxygen atoms in total. The molecule has 0 aromatic heterocycles. The molecule has 0 spiro atoms. The van der Waals surface area contributed by atoms with Crippen LogP contribution >= 0.6 is 0 Å². The zero-order valence-corrected chi connectivity index (χ0v) is 62.1. The van der Waals surface area contributed by atoms with Crippen LogP contribution in [0.25, 0.3) is 0 Å². The number of allylic oxidation sites excluding steroid dienone is 4. The molecule has 1 saturated carbocycles. The molecule has 4 saturated heterocycles. The minimum atomic E-state index is -0.736. The first kappa shape index (κ1) is 85.9. The molecule has 3 aliphatic carbocycles. The number of hydrogen-bond donors (Lipinski definition) is 0. The van der Waals surface area contributed by atoms with E-state index in [2.05, 4.69) is 133 Å². The average Bonchev–Trinajstić information content (AvgIpc) is 1.70. The molecule has 5 fully saturated rings. The second-order valence-electron chi connectivity index (χ2n) is 28.5. The van der Waals surface area contributed by atoms with Crippen molar-refractivity contribution in [1.82, 2.24) is 0 Å². The van der Waals surface area contributed by atoms with E-state index in [1.165, 1.54) is 127 Å². The fourth-order valence-electron chi connectivity index (χ4n) is 9.82. The SMILES string of the molecule is CC1=CC[C@@H](C)CC1.CC1=CC[C@H](C)CC1.CC1CCC(C)CC1.CC1COC(C)OC1.CC1COC(C)OC1.C[C@@H]1CC[C@H](C)OC1.C[C@H]1CC[C@@H](C)OC1.Cc1ccc(C)c(F)c1.Cc1ccc(C)c(F)c1.Cc1ccc(C)c(F)c1F.Cc1ccc(C)cc1. The molecule has 92 heavy (non-hydrogen) atoms. The maximum atomic E-state index is 12.6. The van der Waals surface area contributed by atoms with Crippen LogP contribution in [0.1, 0.15) is 231 Å². The number of rotatable bonds is 0. The molecular weight excluding hydrogens is 1160 g/mol. The monoisotopic (exact) mass is 1290 g/mol. The third-order valence-corrected chi connectivity index (χ3v) is 17.4. The maximum Gasteiger partial charge on any atom is 0.161 e. The maximum absolute atomic E-state index is 12.6. The van der Waals surface area contributed by atoms with E-state index in [9.17, 15) is 17.6 Å². The standard InChI is InChI=1S/C8H8F2.2C8H9F.C8H16.2C8H14.C8H10.2C7H14O.2C6H12O2/c1-5-3-4-6(2)8(10)7(5)9;2*1-6-3-4-7(2)8(9)5-6;4*1-7-3-5-8(2)6-4-7;2*1-6-3-4-7(2)8-5-6;2*1-5-3-7-6(2)8-4-5/h3-4H,1-2H3;2*3-5H,1-2H3;7-8H,3-6H2,1-2H3;2*3,8H,4-6H2,1-2H3;3-6H,1-2H3;2*6-7H,3-5H2,1-2H3;2*5-6H,3-4H2,1-2H3/t;;;;2*8-;;2*6-,7+;;/m....10.10../s1. The number of aryl methyl sites for hydroxylation is 8. The topological polar surface area (TPSA) is 55.4 Å². The molecule has 4 heterocycles. The van der Waals surface area contributed by atoms with Crippen molar-refractivity contribution >= 4 is 0 Å². The Hall–Kier alpha value is -4.16. The minimum absolute atomic E-state index is 0.0196. The molecule has 0 N–H and O–H groups in total. The second kappa shape index (κ2) is 49.4. The van der Waals surface area contributed by atoms with Gasteiger partial charge in [0.2, 0.25) is 0 Å². The van der Waals surface area contributed by atoms with Gasteiger partial charge in [0.05, 0.1) is 38.6 Å². The second-order valence-corrected chi connectivity index (χ2v) is 28.5. The highest BCUT2D eigenvalue weighted by atomic mass is 19.2. The summed E-state index contributed by atoms with van der Waals surface area (Å²) in [6.07, 6.45) is 25.0. The van der Waals surface area contributed by atoms with Gasteiger partial charge in [-0.25, -0.2) is 17.6 Å². The molecule has 0 amide bonds. The van der Waals surface area contributed by atoms with E-state index in [0.29, 0.717) is 46.3 Å². The van der Waals surface area contributed by atoms with Gasteiger partial charge in [-0.05, 0) is 242 Å². The first-order valence-corrected chi connectivity index (χ1v) is 35.2. The van der Waals surface area contributed by atoms with Gasteiger partial charge < -0.3 is 28.4 Å². The van der Waals surface area contributed by atoms with Crippen molar-refractivity contribution in [3.8, 4) is 0 Å². The first-order chi connectivity index (χ1) is 43.3. The Kier molecular flexibility index (Phi) is 46.1. The molecule has 4 aromatic carbocycles. The summed E-state index contributed by atoms with van der Waals surface area (Å²) in [7, 11) is 0. The van der Waals surface area contributed by atoms with Crippen molar-refractivity contribution in [1.29, 1.82) is 0 Å². The Morgan fingerprint density at radius 3 is 0.772 bits per heavy atom. The summed E-state index contributed by atoms with van der Waals surface area (Å²) in [6.45, 7) is 50.6. The van der Waals surface area contributed by atoms with Crippen molar-refractivity contribution in [2.75, 3.05) is 39.6 Å². The number of benzene rings is 4. The smallest absolute Gasteiger partial charge is 0.161 e. The van der Waals surface area contributed by atoms with Crippen LogP contribution < -0.4 is 0 Å². The van der Waals surface area contributed by atoms with Crippen molar-refractivity contribution in [3.05, 3.63) is 164 Å². The van der Waals surface area contributed by atoms with Crippen LogP contribution in [0.2, 0.25) is 0 Å². The lowest BCUT2D eigenvalue weighted by molar-refractivity contribution is -0.187. The van der Waals surface area contributed by atoms with Gasteiger partial charge in [-0.15, -0.1) is 0 Å². The predicted octanol–water partition coefficient (Wildman–Crippen LogP) is 23.8. The lowest BCUT2D eigenvalue weighted by Crippen LogP contribution is -2.27. The highest BCUT2D eigenvalue weighted by molar-refractivity contribution is 5.25. The Morgan fingerprint density at radius 1 is 0.283 bits per heavy atom. The summed E-state index contributed by atoms with van der Waals surface area (Å²) in [5.74, 6) is 4.97. The van der Waals surface area contributed by atoms with Crippen molar-refractivity contribution in [2.24, 2.45) is 47.3 Å². The van der Waals surface area contributed by atoms with Crippen LogP contribution in [0.4, 0.5) is 17.6 Å². The van der Waals surface area contributed by atoms with E-state index >= 15 is 0 Å². The number of hydrogen-bond acceptors (Lipinski definition) is 6. The molecule has 0 unspecified atom stereocenters. The van der Waals surface area contributed by atoms with Gasteiger partial charge in [0, 0.05) is 25.0 Å². The van der Waals surface area contributed by atoms with Crippen LogP contribution in [-0.4, -0.2) is 64.4 Å². The molecule has 524 valence electrons. The molecule has 10 heteroatoms. The van der Waals surface area contributed by atoms with Crippen molar-refractivity contribution in [2.45, 2.75) is 267 Å². The third-order valence-electron chi connectivity index (χ3n) is 17.4. The first-order valence-electron chi connectivity index (χ1n) is 35.2. The molecule has 7 aliphatic rings. The van der Waals surface area contributed by atoms with Crippen LogP contribution in [0.15, 0.2) is 96.1 Å². The predicted molar refractivity (Wildman–Crippen MR) is 383 cm³/mol. The summed E-state index contributed by atoms with van der Waals surface area (Å²) < 4.78 is 81.8. The van der Waals surface area contributed by atoms with Gasteiger partial charge in [0.1, 0.15) is 11.6 Å². The molecule has 0 radical (unpaired) electrons. The Bertz CT molecular complexity index is 2270. The minimum Gasteiger partial charge on any atom is -0.378 e. The average molecular weight is 1290 g/mol. The lowest BCUT2D eigenvalue weighted by atomic mass is 9.84. The highest BCUT2D eigenvalue weighted by Crippen LogP contribution is 2.28. The Labute approximate surface area is 561 Å². The summed E-state index contributed by atoms with van der Waals surface area (Å²) in [6, 6.07) is 22.0. The number of ether oxygens (including phenoxy) is 6. The quantitative estimate of drug-likeness (QED) is 0.129. The summed E-state index contributed by atoms with van der Waals surface area (Å²) in [4.78, 5) is 0. The zero-order valence-electron chi connectivity index (χ0n) is 62.1. The summed E-state index contributed by atoms with van der Waals surface area (Å²) >= 11 is 0. The van der Waals surface area contributed by atoms with Gasteiger partial charge >= 0.3 is 0 Å². The number of halogens is 4. The van der Waals surface area contributed by atoms with Gasteiger partial charge in [0.15, 0.2) is 24.2 Å². The van der Waals surface area contributed by atoms with E-state index in [-0.39, 0.29) is 24.2 Å². The van der Waals surface area contributed by atoms with Gasteiger partial charge in [-0.1, -0.05) is 176 Å². The van der Waals surface area contributed by atoms with Crippen LogP contribution in [0, 0.1) is 126 Å². The highest BCUT2D eigenvalue weighted by Gasteiger charge is 2.17. The van der Waals surface area contributed by atoms with Gasteiger partial charge in [-0.3, -0.25) is 0 Å². The van der Waals surface area contributed by atoms with E-state index < -0.39 is 11.6 Å². The summed E-state index contributed by atoms with van der Waals surface area (Å²) in [5, 5.41) is 0. The Balaban J connectivity index is 0.000000506. The van der Waals surface area contributed by atoms with Gasteiger partial charge in [0.25, 0.3) is 0 Å². The van der Waals surface area contributed by atoms with E-state index in [1.54, 1.807) is 49.3 Å². The van der Waals surface area contributed by atoms with Crippen molar-refractivity contribution < 1.29 is 46.0 Å². The van der Waals surface area contributed by atoms with Crippen LogP contribution in [0.5, 0.6) is 0 Å². The van der Waals surface area contributed by atoms with E-state index in [1.807, 2.05) is 39.8 Å². The van der Waals surface area contributed by atoms with E-state index in [0.717, 1.165) is 86.3 Å². The Morgan fingerprint density at radius 2 is 0.554 bits per heavy atom. The summed E-state index contributed by atoms with van der Waals surface area (Å²) in [5.41, 5.74) is 9.89. The third kappa shape index (κ3) is 43.7. The molecular formula is C82H132F4O6. The molecule has 4 aromatic rings. The zero-order chi connectivity index (χ0) is 69.3. The fourth-order valence-corrected chi connectivity index (χ4v) is 9.82. The molecule has 0 bridgehead atoms.